The van der Waals surface area contributed by atoms with Gasteiger partial charge in [-0.05, 0) is 81.0 Å². The molecule has 1 aromatic heterocycles. The van der Waals surface area contributed by atoms with Gasteiger partial charge in [-0.15, -0.1) is 0 Å². The highest BCUT2D eigenvalue weighted by Crippen LogP contribution is 2.49. The number of hydrogen-bond donors (Lipinski definition) is 0. The van der Waals surface area contributed by atoms with Crippen LogP contribution in [0.1, 0.15) is 0 Å². The molecule has 1 heterocycles. The Morgan fingerprint density at radius 1 is 0.425 bits per heavy atom. The standard InChI is InChI=1S/C38H23NO/c1-3-10-27(11-4-1)39(28-12-5-2-6-13-28)29-21-19-24(20-22-29)32-23-26-18-17-25-9-7-14-30-31-15-8-16-33-36(31)37(38(32)40-33)35(26)34(25)30/h1-23H. The molecule has 0 aliphatic rings. The summed E-state index contributed by atoms with van der Waals surface area (Å²) in [4.78, 5) is 2.29. The normalized spacial score (nSPS) is 12.0. The molecule has 0 fully saturated rings. The zero-order valence-corrected chi connectivity index (χ0v) is 21.6. The molecule has 186 valence electrons. The molecule has 0 radical (unpaired) electrons. The molecule has 0 aliphatic heterocycles. The Labute approximate surface area is 231 Å². The zero-order valence-electron chi connectivity index (χ0n) is 21.6. The van der Waals surface area contributed by atoms with Crippen LogP contribution in [0.4, 0.5) is 17.1 Å². The minimum atomic E-state index is 0.948. The van der Waals surface area contributed by atoms with Gasteiger partial charge in [0.05, 0.1) is 0 Å². The first-order valence-electron chi connectivity index (χ1n) is 13.7. The Balaban J connectivity index is 1.28. The number of fused-ring (bicyclic) bond motifs is 1. The summed E-state index contributed by atoms with van der Waals surface area (Å²) >= 11 is 0. The number of hydrogen-bond acceptors (Lipinski definition) is 2. The highest BCUT2D eigenvalue weighted by molar-refractivity contribution is 6.40. The first-order chi connectivity index (χ1) is 19.8. The molecule has 0 atom stereocenters. The third-order valence-corrected chi connectivity index (χ3v) is 8.34. The van der Waals surface area contributed by atoms with E-state index in [4.69, 9.17) is 4.42 Å². The molecule has 0 aliphatic carbocycles. The highest BCUT2D eigenvalue weighted by atomic mass is 16.3. The van der Waals surface area contributed by atoms with E-state index in [0.29, 0.717) is 0 Å². The molecule has 9 rings (SSSR count). The van der Waals surface area contributed by atoms with Crippen LogP contribution in [-0.2, 0) is 0 Å². The summed E-state index contributed by atoms with van der Waals surface area (Å²) in [6.45, 7) is 0. The minimum absolute atomic E-state index is 0.948. The van der Waals surface area contributed by atoms with Crippen LogP contribution in [-0.4, -0.2) is 0 Å². The molecule has 0 bridgehead atoms. The van der Waals surface area contributed by atoms with E-state index in [1.807, 2.05) is 0 Å². The third kappa shape index (κ3) is 2.93. The van der Waals surface area contributed by atoms with Gasteiger partial charge in [0.2, 0.25) is 0 Å². The third-order valence-electron chi connectivity index (χ3n) is 8.34. The molecule has 0 amide bonds. The Morgan fingerprint density at radius 2 is 1.05 bits per heavy atom. The monoisotopic (exact) mass is 509 g/mol. The number of anilines is 3. The predicted octanol–water partition coefficient (Wildman–Crippen LogP) is 11.1. The quantitative estimate of drug-likeness (QED) is 0.173. The van der Waals surface area contributed by atoms with Crippen LogP contribution in [0.3, 0.4) is 0 Å². The van der Waals surface area contributed by atoms with Crippen molar-refractivity contribution in [1.29, 1.82) is 0 Å². The van der Waals surface area contributed by atoms with Crippen molar-refractivity contribution in [3.05, 3.63) is 140 Å². The SMILES string of the molecule is c1ccc(N(c2ccccc2)c2ccc(-c3cc4ccc5cccc6c7cccc8oc3c(c87)c4c56)cc2)cc1. The summed E-state index contributed by atoms with van der Waals surface area (Å²) < 4.78 is 6.67. The summed E-state index contributed by atoms with van der Waals surface area (Å²) in [5.41, 5.74) is 7.55. The number of rotatable bonds is 4. The van der Waals surface area contributed by atoms with Gasteiger partial charge < -0.3 is 9.32 Å². The van der Waals surface area contributed by atoms with E-state index in [-0.39, 0.29) is 0 Å². The highest BCUT2D eigenvalue weighted by Gasteiger charge is 2.23. The number of para-hydroxylation sites is 2. The summed E-state index contributed by atoms with van der Waals surface area (Å²) in [6, 6.07) is 49.8. The molecular weight excluding hydrogens is 486 g/mol. The van der Waals surface area contributed by atoms with Gasteiger partial charge in [0.25, 0.3) is 0 Å². The van der Waals surface area contributed by atoms with Crippen LogP contribution < -0.4 is 4.90 Å². The average Bonchev–Trinajstić information content (AvgIpc) is 3.42. The van der Waals surface area contributed by atoms with E-state index in [1.54, 1.807) is 0 Å². The Bertz CT molecular complexity index is 2260. The Kier molecular flexibility index (Phi) is 4.36. The maximum absolute atomic E-state index is 6.67. The van der Waals surface area contributed by atoms with E-state index in [0.717, 1.165) is 39.4 Å². The van der Waals surface area contributed by atoms with E-state index >= 15 is 0 Å². The molecule has 2 nitrogen and oxygen atoms in total. The molecule has 0 saturated carbocycles. The van der Waals surface area contributed by atoms with Crippen molar-refractivity contribution in [3.63, 3.8) is 0 Å². The molecule has 0 unspecified atom stereocenters. The van der Waals surface area contributed by atoms with Gasteiger partial charge in [0.15, 0.2) is 0 Å². The predicted molar refractivity (Wildman–Crippen MR) is 169 cm³/mol. The summed E-state index contributed by atoms with van der Waals surface area (Å²) in [5.74, 6) is 0. The maximum atomic E-state index is 6.67. The second kappa shape index (κ2) is 8.08. The molecule has 0 saturated heterocycles. The molecular formula is C38H23NO. The van der Waals surface area contributed by atoms with Crippen molar-refractivity contribution in [1.82, 2.24) is 0 Å². The van der Waals surface area contributed by atoms with Gasteiger partial charge >= 0.3 is 0 Å². The minimum Gasteiger partial charge on any atom is -0.455 e. The molecule has 8 aromatic carbocycles. The van der Waals surface area contributed by atoms with E-state index in [1.165, 1.54) is 43.1 Å². The molecule has 2 heteroatoms. The van der Waals surface area contributed by atoms with Crippen molar-refractivity contribution in [2.75, 3.05) is 4.90 Å². The number of nitrogens with zero attached hydrogens (tertiary/aromatic N) is 1. The lowest BCUT2D eigenvalue weighted by Gasteiger charge is -2.25. The second-order valence-electron chi connectivity index (χ2n) is 10.5. The average molecular weight is 510 g/mol. The Hall–Kier alpha value is -5.34. The summed E-state index contributed by atoms with van der Waals surface area (Å²) in [6.07, 6.45) is 0. The lowest BCUT2D eigenvalue weighted by atomic mass is 9.87. The van der Waals surface area contributed by atoms with Crippen molar-refractivity contribution in [3.8, 4) is 11.1 Å². The number of furan rings is 1. The van der Waals surface area contributed by atoms with Crippen molar-refractivity contribution in [2.24, 2.45) is 0 Å². The van der Waals surface area contributed by atoms with Crippen LogP contribution in [0.2, 0.25) is 0 Å². The van der Waals surface area contributed by atoms with Crippen molar-refractivity contribution in [2.45, 2.75) is 0 Å². The van der Waals surface area contributed by atoms with Gasteiger partial charge in [-0.2, -0.15) is 0 Å². The fourth-order valence-corrected chi connectivity index (χ4v) is 6.64. The Morgan fingerprint density at radius 3 is 1.77 bits per heavy atom. The molecule has 0 spiro atoms. The maximum Gasteiger partial charge on any atom is 0.143 e. The van der Waals surface area contributed by atoms with Gasteiger partial charge in [0.1, 0.15) is 11.2 Å². The molecule has 0 N–H and O–H groups in total. The van der Waals surface area contributed by atoms with Crippen LogP contribution in [0.15, 0.2) is 144 Å². The summed E-state index contributed by atoms with van der Waals surface area (Å²) in [5, 5.41) is 10.2. The van der Waals surface area contributed by atoms with Crippen LogP contribution in [0.5, 0.6) is 0 Å². The van der Waals surface area contributed by atoms with Crippen LogP contribution >= 0.6 is 0 Å². The van der Waals surface area contributed by atoms with Crippen LogP contribution in [0.25, 0.3) is 65.4 Å². The topological polar surface area (TPSA) is 16.4 Å². The fourth-order valence-electron chi connectivity index (χ4n) is 6.64. The largest absolute Gasteiger partial charge is 0.455 e. The lowest BCUT2D eigenvalue weighted by molar-refractivity contribution is 0.670. The fraction of sp³-hybridized carbons (Fsp3) is 0. The van der Waals surface area contributed by atoms with Gasteiger partial charge in [-0.1, -0.05) is 91.0 Å². The molecule has 40 heavy (non-hydrogen) atoms. The van der Waals surface area contributed by atoms with Gasteiger partial charge in [-0.3, -0.25) is 0 Å². The first-order valence-corrected chi connectivity index (χ1v) is 13.7. The smallest absolute Gasteiger partial charge is 0.143 e. The lowest BCUT2D eigenvalue weighted by Crippen LogP contribution is -2.09. The van der Waals surface area contributed by atoms with Crippen molar-refractivity contribution >= 4 is 71.3 Å². The van der Waals surface area contributed by atoms with E-state index in [9.17, 15) is 0 Å². The molecule has 9 aromatic rings. The van der Waals surface area contributed by atoms with Gasteiger partial charge in [-0.25, -0.2) is 0 Å². The second-order valence-corrected chi connectivity index (χ2v) is 10.5. The first kappa shape index (κ1) is 21.6. The number of benzene rings is 8. The summed E-state index contributed by atoms with van der Waals surface area (Å²) in [7, 11) is 0. The van der Waals surface area contributed by atoms with E-state index in [2.05, 4.69) is 144 Å². The van der Waals surface area contributed by atoms with E-state index < -0.39 is 0 Å². The zero-order chi connectivity index (χ0) is 26.2. The van der Waals surface area contributed by atoms with Crippen LogP contribution in [0, 0.1) is 0 Å². The van der Waals surface area contributed by atoms with Gasteiger partial charge in [0, 0.05) is 38.8 Å². The van der Waals surface area contributed by atoms with Crippen molar-refractivity contribution < 1.29 is 4.42 Å².